The molecule has 0 fully saturated rings. The molecule has 60 heavy (non-hydrogen) atoms. The second-order valence-electron chi connectivity index (χ2n) is 13.9. The summed E-state index contributed by atoms with van der Waals surface area (Å²) >= 11 is 0. The van der Waals surface area contributed by atoms with Gasteiger partial charge in [0.25, 0.3) is 5.97 Å². The number of nitrogens with one attached hydrogen (secondary N) is 6. The Labute approximate surface area is 345 Å². The van der Waals surface area contributed by atoms with E-state index in [1.54, 1.807) is 56.3 Å². The van der Waals surface area contributed by atoms with Crippen molar-refractivity contribution in [1.29, 1.82) is 0 Å². The predicted octanol–water partition coefficient (Wildman–Crippen LogP) is -1.47. The van der Waals surface area contributed by atoms with Crippen molar-refractivity contribution in [2.45, 2.75) is 96.1 Å². The second-order valence-corrected chi connectivity index (χ2v) is 13.9. The first-order valence-electron chi connectivity index (χ1n) is 18.6. The summed E-state index contributed by atoms with van der Waals surface area (Å²) in [6.07, 6.45) is -1.75. The fraction of sp³-hybridized carbons (Fsp3) is 0.436. The number of benzene rings is 2. The molecule has 6 atom stereocenters. The van der Waals surface area contributed by atoms with Crippen LogP contribution in [0.2, 0.25) is 0 Å². The monoisotopic (exact) mass is 843 g/mol. The van der Waals surface area contributed by atoms with E-state index in [9.17, 15) is 53.4 Å². The molecule has 21 nitrogen and oxygen atoms in total. The van der Waals surface area contributed by atoms with Crippen LogP contribution < -0.4 is 37.6 Å². The highest BCUT2D eigenvalue weighted by atomic mass is 16.4. The molecule has 0 bridgehead atoms. The van der Waals surface area contributed by atoms with Gasteiger partial charge in [0.1, 0.15) is 30.2 Å². The zero-order chi connectivity index (χ0) is 45.5. The molecule has 0 saturated carbocycles. The quantitative estimate of drug-likeness (QED) is 0.0608. The van der Waals surface area contributed by atoms with Gasteiger partial charge < -0.3 is 58.1 Å². The van der Waals surface area contributed by atoms with Gasteiger partial charge >= 0.3 is 17.9 Å². The zero-order valence-corrected chi connectivity index (χ0v) is 33.5. The average Bonchev–Trinajstić information content (AvgIpc) is 3.15. The first kappa shape index (κ1) is 51.1. The van der Waals surface area contributed by atoms with E-state index in [4.69, 9.17) is 20.7 Å². The second kappa shape index (κ2) is 26.2. The van der Waals surface area contributed by atoms with Crippen molar-refractivity contribution in [1.82, 2.24) is 31.9 Å². The maximum Gasteiger partial charge on any atom is 0.326 e. The maximum absolute atomic E-state index is 13.4. The Morgan fingerprint density at radius 2 is 0.983 bits per heavy atom. The molecule has 0 aromatic heterocycles. The van der Waals surface area contributed by atoms with E-state index in [1.165, 1.54) is 6.92 Å². The summed E-state index contributed by atoms with van der Waals surface area (Å²) in [5.41, 5.74) is 7.67. The maximum atomic E-state index is 13.4. The van der Waals surface area contributed by atoms with E-state index in [1.807, 2.05) is 23.5 Å². The lowest BCUT2D eigenvalue weighted by Gasteiger charge is -2.25. The first-order valence-corrected chi connectivity index (χ1v) is 18.6. The van der Waals surface area contributed by atoms with Crippen LogP contribution in [0.15, 0.2) is 60.7 Å². The fourth-order valence-corrected chi connectivity index (χ4v) is 5.25. The molecule has 0 radical (unpaired) electrons. The van der Waals surface area contributed by atoms with Crippen molar-refractivity contribution < 1.29 is 68.4 Å². The minimum atomic E-state index is -1.92. The molecule has 21 heteroatoms. The van der Waals surface area contributed by atoms with Gasteiger partial charge in [0, 0.05) is 13.3 Å². The molecule has 0 unspecified atom stereocenters. The highest BCUT2D eigenvalue weighted by molar-refractivity contribution is 5.97. The Morgan fingerprint density at radius 1 is 0.550 bits per heavy atom. The molecule has 0 saturated heterocycles. The lowest BCUT2D eigenvalue weighted by atomic mass is 10.0. The Balaban J connectivity index is 0.00000429. The van der Waals surface area contributed by atoms with Gasteiger partial charge in [-0.3, -0.25) is 43.2 Å². The Morgan fingerprint density at radius 3 is 1.47 bits per heavy atom. The van der Waals surface area contributed by atoms with Gasteiger partial charge in [-0.2, -0.15) is 0 Å². The van der Waals surface area contributed by atoms with Gasteiger partial charge in [-0.25, -0.2) is 4.79 Å². The highest BCUT2D eigenvalue weighted by Gasteiger charge is 2.33. The van der Waals surface area contributed by atoms with Crippen LogP contribution >= 0.6 is 0 Å². The van der Waals surface area contributed by atoms with Gasteiger partial charge in [0.15, 0.2) is 0 Å². The zero-order valence-electron chi connectivity index (χ0n) is 33.5. The van der Waals surface area contributed by atoms with Crippen LogP contribution in [-0.4, -0.2) is 123 Å². The largest absolute Gasteiger partial charge is 0.481 e. The van der Waals surface area contributed by atoms with Crippen LogP contribution in [0.1, 0.15) is 58.1 Å². The van der Waals surface area contributed by atoms with Crippen molar-refractivity contribution in [3.8, 4) is 0 Å². The van der Waals surface area contributed by atoms with Crippen molar-refractivity contribution in [2.75, 3.05) is 6.54 Å². The van der Waals surface area contributed by atoms with Gasteiger partial charge in [0.2, 0.25) is 35.4 Å². The molecule has 2 rings (SSSR count). The molecule has 12 N–H and O–H groups in total. The Hall–Kier alpha value is -6.90. The number of rotatable bonds is 23. The normalized spacial score (nSPS) is 13.5. The number of carbonyl (C=O) groups excluding carboxylic acids is 6. The summed E-state index contributed by atoms with van der Waals surface area (Å²) in [5.74, 6) is -11.1. The SMILES string of the molecule is CC(=O)O.CC(C)C[C@H](NC(=O)CNC(=O)[C@H](C)NC(=O)[C@H](Cc1ccccc1)NC(=O)[C@@H](N)Cc1ccccc1)C(=O)N[C@@H](CC(=O)O)C(=O)N[C@@H](CC(=O)O)C(=O)O. The van der Waals surface area contributed by atoms with Crippen LogP contribution in [-0.2, 0) is 60.8 Å². The third-order valence-corrected chi connectivity index (χ3v) is 8.09. The third-order valence-electron chi connectivity index (χ3n) is 8.09. The summed E-state index contributed by atoms with van der Waals surface area (Å²) < 4.78 is 0. The van der Waals surface area contributed by atoms with Gasteiger partial charge in [-0.1, -0.05) is 74.5 Å². The number of carboxylic acids is 4. The molecule has 0 aliphatic rings. The number of carboxylic acid groups (broad SMARTS) is 4. The smallest absolute Gasteiger partial charge is 0.326 e. The highest BCUT2D eigenvalue weighted by Crippen LogP contribution is 2.09. The van der Waals surface area contributed by atoms with E-state index >= 15 is 0 Å². The lowest BCUT2D eigenvalue weighted by molar-refractivity contribution is -0.148. The average molecular weight is 844 g/mol. The van der Waals surface area contributed by atoms with E-state index in [0.717, 1.165) is 18.1 Å². The number of amides is 6. The number of aliphatic carboxylic acids is 4. The lowest BCUT2D eigenvalue weighted by Crippen LogP contribution is -2.58. The van der Waals surface area contributed by atoms with Crippen LogP contribution in [0.5, 0.6) is 0 Å². The summed E-state index contributed by atoms with van der Waals surface area (Å²) in [5, 5.41) is 48.9. The van der Waals surface area contributed by atoms with E-state index in [0.29, 0.717) is 0 Å². The van der Waals surface area contributed by atoms with Crippen LogP contribution in [0, 0.1) is 5.92 Å². The number of nitrogens with two attached hydrogens (primary N) is 1. The van der Waals surface area contributed by atoms with Crippen molar-refractivity contribution in [3.63, 3.8) is 0 Å². The standard InChI is InChI=1S/C37H49N7O12.C2H4O2/c1-20(2)14-25(35(53)43-27(17-30(46)47)36(54)44-28(37(55)56)18-31(48)49)41-29(45)19-39-32(50)21(3)40-34(52)26(16-23-12-8-5-9-13-23)42-33(51)24(38)15-22-10-6-4-7-11-22;1-2(3)4/h4-13,20-21,24-28H,14-19,38H2,1-3H3,(H,39,50)(H,40,52)(H,41,45)(H,42,51)(H,43,53)(H,44,54)(H,46,47)(H,48,49)(H,55,56);1H3,(H,3,4)/t21-,24-,25-,26-,27-,28-;/m0./s1. The van der Waals surface area contributed by atoms with Crippen molar-refractivity contribution >= 4 is 59.3 Å². The fourth-order valence-electron chi connectivity index (χ4n) is 5.25. The first-order chi connectivity index (χ1) is 28.1. The van der Waals surface area contributed by atoms with E-state index in [2.05, 4.69) is 26.6 Å². The molecule has 2 aromatic carbocycles. The minimum absolute atomic E-state index is 0.0142. The molecule has 0 aliphatic carbocycles. The molecule has 2 aromatic rings. The molecule has 328 valence electrons. The van der Waals surface area contributed by atoms with E-state index in [-0.39, 0.29) is 25.2 Å². The van der Waals surface area contributed by atoms with Crippen LogP contribution in [0.25, 0.3) is 0 Å². The molecular formula is C39H53N7O14. The number of hydrogen-bond acceptors (Lipinski definition) is 11. The molecular weight excluding hydrogens is 790 g/mol. The van der Waals surface area contributed by atoms with E-state index < -0.39 is 115 Å². The van der Waals surface area contributed by atoms with Gasteiger partial charge in [-0.05, 0) is 36.8 Å². The van der Waals surface area contributed by atoms with Crippen LogP contribution in [0.4, 0.5) is 0 Å². The van der Waals surface area contributed by atoms with Crippen molar-refractivity contribution in [3.05, 3.63) is 71.8 Å². The summed E-state index contributed by atoms with van der Waals surface area (Å²) in [6.45, 7) is 5.16. The Kier molecular flexibility index (Phi) is 22.3. The molecule has 0 heterocycles. The van der Waals surface area contributed by atoms with Crippen LogP contribution in [0.3, 0.4) is 0 Å². The molecule has 6 amide bonds. The molecule has 0 aliphatic heterocycles. The summed E-state index contributed by atoms with van der Waals surface area (Å²) in [6, 6.07) is 9.46. The summed E-state index contributed by atoms with van der Waals surface area (Å²) in [4.78, 5) is 121. The third kappa shape index (κ3) is 21.0. The number of carbonyl (C=O) groups is 10. The number of hydrogen-bond donors (Lipinski definition) is 11. The predicted molar refractivity (Wildman–Crippen MR) is 212 cm³/mol. The topological polar surface area (TPSA) is 350 Å². The Bertz CT molecular complexity index is 1810. The van der Waals surface area contributed by atoms with Crippen molar-refractivity contribution in [2.24, 2.45) is 11.7 Å². The molecule has 0 spiro atoms. The minimum Gasteiger partial charge on any atom is -0.481 e. The summed E-state index contributed by atoms with van der Waals surface area (Å²) in [7, 11) is 0. The van der Waals surface area contributed by atoms with Gasteiger partial charge in [0.05, 0.1) is 25.4 Å². The van der Waals surface area contributed by atoms with Gasteiger partial charge in [-0.15, -0.1) is 0 Å².